The lowest BCUT2D eigenvalue weighted by molar-refractivity contribution is -0.131. The molecule has 186 valence electrons. The molecule has 1 fully saturated rings. The molecule has 0 aliphatic carbocycles. The number of halogens is 1. The molecule has 0 unspecified atom stereocenters. The van der Waals surface area contributed by atoms with Gasteiger partial charge >= 0.3 is 0 Å². The van der Waals surface area contributed by atoms with Crippen molar-refractivity contribution in [2.45, 2.75) is 31.2 Å². The van der Waals surface area contributed by atoms with Gasteiger partial charge < -0.3 is 21.7 Å². The fourth-order valence-electron chi connectivity index (χ4n) is 4.44. The van der Waals surface area contributed by atoms with Crippen LogP contribution in [0.2, 0.25) is 5.15 Å². The van der Waals surface area contributed by atoms with Crippen molar-refractivity contribution in [3.8, 4) is 0 Å². The third-order valence-corrected chi connectivity index (χ3v) is 6.77. The summed E-state index contributed by atoms with van der Waals surface area (Å²) in [4.78, 5) is 39.5. The van der Waals surface area contributed by atoms with Crippen LogP contribution in [0.25, 0.3) is 0 Å². The van der Waals surface area contributed by atoms with Crippen molar-refractivity contribution in [3.05, 3.63) is 46.7 Å². The second kappa shape index (κ2) is 9.53. The average Bonchev–Trinajstić information content (AvgIpc) is 3.49. The van der Waals surface area contributed by atoms with Gasteiger partial charge in [-0.2, -0.15) is 10.2 Å². The molecule has 3 aliphatic heterocycles. The van der Waals surface area contributed by atoms with E-state index in [2.05, 4.69) is 35.8 Å². The molecular weight excluding hydrogens is 484 g/mol. The molecule has 1 aromatic heterocycles. The summed E-state index contributed by atoms with van der Waals surface area (Å²) in [5, 5.41) is 14.3. The number of nitrogens with zero attached hydrogens (tertiary/aromatic N) is 6. The van der Waals surface area contributed by atoms with E-state index < -0.39 is 5.91 Å². The van der Waals surface area contributed by atoms with Crippen LogP contribution in [0.4, 0.5) is 11.6 Å². The highest BCUT2D eigenvalue weighted by Crippen LogP contribution is 2.27. The Kier molecular flexibility index (Phi) is 6.27. The maximum atomic E-state index is 12.9. The Balaban J connectivity index is 1.10. The summed E-state index contributed by atoms with van der Waals surface area (Å²) in [6.07, 6.45) is 2.22. The molecule has 6 N–H and O–H groups in total. The molecule has 2 aromatic rings. The summed E-state index contributed by atoms with van der Waals surface area (Å²) in [7, 11) is 0. The Morgan fingerprint density at radius 2 is 1.83 bits per heavy atom. The number of aromatic nitrogens is 2. The van der Waals surface area contributed by atoms with E-state index in [4.69, 9.17) is 23.1 Å². The number of amides is 2. The maximum absolute atomic E-state index is 12.9. The lowest BCUT2D eigenvalue weighted by Crippen LogP contribution is -2.57. The summed E-state index contributed by atoms with van der Waals surface area (Å²) < 4.78 is 0. The van der Waals surface area contributed by atoms with E-state index in [0.717, 1.165) is 17.0 Å². The number of anilines is 2. The zero-order valence-electron chi connectivity index (χ0n) is 19.4. The Hall–Kier alpha value is -4.06. The third-order valence-electron chi connectivity index (χ3n) is 6.49. The van der Waals surface area contributed by atoms with Crippen molar-refractivity contribution >= 4 is 52.4 Å². The first-order valence-corrected chi connectivity index (χ1v) is 11.9. The minimum atomic E-state index is -0.591. The standard InChI is InChI=1S/C23H25ClN10O2/c24-18-20(26)29-19(25)17(28-18)21(36)30-22-27-12-23(31-22)6-8-34(9-7-23)16(35)11-14-10-15(33-32-14)13-4-2-1-3-5-13/h1-5H,6-12H2,(H4,25,26,29)(H2,27,30,31,36). The summed E-state index contributed by atoms with van der Waals surface area (Å²) in [5.74, 6) is -0.406. The molecule has 5 rings (SSSR count). The number of nitrogen functional groups attached to an aromatic ring is 2. The number of piperidine rings is 1. The number of nitrogens with one attached hydrogen (secondary N) is 2. The predicted octanol–water partition coefficient (Wildman–Crippen LogP) is 0.984. The average molecular weight is 509 g/mol. The SMILES string of the molecule is Nc1nc(N)c(C(=O)NC2=NCC3(CCN(C(=O)CC4=NN=C(c5ccccc5)C4)CC3)N2)nc1Cl. The van der Waals surface area contributed by atoms with Gasteiger partial charge in [-0.05, 0) is 18.4 Å². The van der Waals surface area contributed by atoms with Crippen molar-refractivity contribution in [2.75, 3.05) is 31.1 Å². The van der Waals surface area contributed by atoms with Crippen LogP contribution in [-0.2, 0) is 4.79 Å². The van der Waals surface area contributed by atoms with E-state index in [1.165, 1.54) is 0 Å². The molecule has 0 bridgehead atoms. The van der Waals surface area contributed by atoms with Crippen molar-refractivity contribution in [2.24, 2.45) is 15.2 Å². The first-order chi connectivity index (χ1) is 17.3. The minimum absolute atomic E-state index is 0.0369. The number of rotatable bonds is 4. The highest BCUT2D eigenvalue weighted by molar-refractivity contribution is 6.31. The fraction of sp³-hybridized carbons (Fsp3) is 0.348. The van der Waals surface area contributed by atoms with Gasteiger partial charge in [0, 0.05) is 19.5 Å². The molecule has 0 saturated carbocycles. The molecule has 3 aliphatic rings. The number of hydrogen-bond donors (Lipinski definition) is 4. The minimum Gasteiger partial charge on any atom is -0.382 e. The molecule has 1 saturated heterocycles. The van der Waals surface area contributed by atoms with E-state index in [9.17, 15) is 9.59 Å². The summed E-state index contributed by atoms with van der Waals surface area (Å²) in [6, 6.07) is 9.85. The van der Waals surface area contributed by atoms with Crippen LogP contribution in [0, 0.1) is 0 Å². The number of nitrogens with two attached hydrogens (primary N) is 2. The summed E-state index contributed by atoms with van der Waals surface area (Å²) >= 11 is 5.86. The Morgan fingerprint density at radius 1 is 1.08 bits per heavy atom. The van der Waals surface area contributed by atoms with Gasteiger partial charge in [0.15, 0.2) is 28.4 Å². The zero-order chi connectivity index (χ0) is 25.3. The van der Waals surface area contributed by atoms with Crippen molar-refractivity contribution < 1.29 is 9.59 Å². The Bertz CT molecular complexity index is 1300. The smallest absolute Gasteiger partial charge is 0.280 e. The van der Waals surface area contributed by atoms with Gasteiger partial charge in [0.05, 0.1) is 29.9 Å². The second-order valence-corrected chi connectivity index (χ2v) is 9.33. The van der Waals surface area contributed by atoms with Crippen LogP contribution in [0.15, 0.2) is 45.5 Å². The first-order valence-electron chi connectivity index (χ1n) is 11.5. The Labute approximate surface area is 211 Å². The van der Waals surface area contributed by atoms with Crippen molar-refractivity contribution in [1.29, 1.82) is 0 Å². The highest BCUT2D eigenvalue weighted by Gasteiger charge is 2.40. The molecule has 1 aromatic carbocycles. The monoisotopic (exact) mass is 508 g/mol. The number of likely N-dealkylation sites (tertiary alicyclic amines) is 1. The van der Waals surface area contributed by atoms with Gasteiger partial charge in [-0.1, -0.05) is 41.9 Å². The summed E-state index contributed by atoms with van der Waals surface area (Å²) in [6.45, 7) is 1.64. The van der Waals surface area contributed by atoms with Gasteiger partial charge in [-0.3, -0.25) is 19.9 Å². The van der Waals surface area contributed by atoms with Crippen molar-refractivity contribution in [3.63, 3.8) is 0 Å². The molecule has 2 amide bonds. The number of carbonyl (C=O) groups excluding carboxylic acids is 2. The van der Waals surface area contributed by atoms with Crippen molar-refractivity contribution in [1.82, 2.24) is 25.5 Å². The van der Waals surface area contributed by atoms with Gasteiger partial charge in [-0.25, -0.2) is 9.97 Å². The Morgan fingerprint density at radius 3 is 2.58 bits per heavy atom. The van der Waals surface area contributed by atoms with Gasteiger partial charge in [-0.15, -0.1) is 0 Å². The normalized spacial score (nSPS) is 18.4. The quantitative estimate of drug-likeness (QED) is 0.475. The molecule has 0 atom stereocenters. The lowest BCUT2D eigenvalue weighted by atomic mass is 9.88. The van der Waals surface area contributed by atoms with Crippen LogP contribution in [0.3, 0.4) is 0 Å². The third kappa shape index (κ3) is 4.85. The predicted molar refractivity (Wildman–Crippen MR) is 137 cm³/mol. The molecule has 4 heterocycles. The number of benzene rings is 1. The van der Waals surface area contributed by atoms with Crippen LogP contribution in [0.5, 0.6) is 0 Å². The summed E-state index contributed by atoms with van der Waals surface area (Å²) in [5.41, 5.74) is 13.5. The number of hydrogen-bond acceptors (Lipinski definition) is 10. The van der Waals surface area contributed by atoms with Gasteiger partial charge in [0.25, 0.3) is 5.91 Å². The van der Waals surface area contributed by atoms with Crippen LogP contribution < -0.4 is 22.1 Å². The first kappa shape index (κ1) is 23.7. The lowest BCUT2D eigenvalue weighted by Gasteiger charge is -2.39. The number of guanidine groups is 1. The topological polar surface area (TPSA) is 176 Å². The van der Waals surface area contributed by atoms with Crippen LogP contribution in [-0.4, -0.2) is 69.2 Å². The van der Waals surface area contributed by atoms with E-state index >= 15 is 0 Å². The van der Waals surface area contributed by atoms with E-state index in [0.29, 0.717) is 44.9 Å². The molecule has 1 spiro atoms. The molecular formula is C23H25ClN10O2. The molecule has 36 heavy (non-hydrogen) atoms. The van der Waals surface area contributed by atoms with Gasteiger partial charge in [0.1, 0.15) is 0 Å². The second-order valence-electron chi connectivity index (χ2n) is 8.97. The highest BCUT2D eigenvalue weighted by atomic mass is 35.5. The van der Waals surface area contributed by atoms with E-state index in [1.54, 1.807) is 0 Å². The molecule has 0 radical (unpaired) electrons. The molecule has 13 heteroatoms. The molecule has 12 nitrogen and oxygen atoms in total. The maximum Gasteiger partial charge on any atom is 0.280 e. The van der Waals surface area contributed by atoms with Gasteiger partial charge in [0.2, 0.25) is 5.91 Å². The fourth-order valence-corrected chi connectivity index (χ4v) is 4.57. The van der Waals surface area contributed by atoms with Crippen LogP contribution in [0.1, 0.15) is 41.7 Å². The number of aliphatic imine (C=N–C) groups is 1. The number of carbonyl (C=O) groups is 2. The zero-order valence-corrected chi connectivity index (χ0v) is 20.1. The van der Waals surface area contributed by atoms with E-state index in [-0.39, 0.29) is 40.3 Å². The van der Waals surface area contributed by atoms with Crippen LogP contribution >= 0.6 is 11.6 Å². The largest absolute Gasteiger partial charge is 0.382 e. The van der Waals surface area contributed by atoms with E-state index in [1.807, 2.05) is 35.2 Å².